The van der Waals surface area contributed by atoms with Crippen molar-refractivity contribution in [2.24, 2.45) is 0 Å². The number of anilines is 1. The summed E-state index contributed by atoms with van der Waals surface area (Å²) in [7, 11) is 0. The van der Waals surface area contributed by atoms with Gasteiger partial charge in [-0.1, -0.05) is 6.08 Å². The van der Waals surface area contributed by atoms with E-state index in [1.807, 2.05) is 6.08 Å². The molecule has 9 nitrogen and oxygen atoms in total. The van der Waals surface area contributed by atoms with Crippen molar-refractivity contribution < 1.29 is 27.9 Å². The van der Waals surface area contributed by atoms with Crippen LogP contribution in [0.4, 0.5) is 24.7 Å². The van der Waals surface area contributed by atoms with Gasteiger partial charge in [-0.05, 0) is 36.6 Å². The van der Waals surface area contributed by atoms with Crippen molar-refractivity contribution >= 4 is 28.0 Å². The van der Waals surface area contributed by atoms with E-state index in [4.69, 9.17) is 4.74 Å². The second-order valence-corrected chi connectivity index (χ2v) is 7.45. The van der Waals surface area contributed by atoms with Gasteiger partial charge in [-0.15, -0.1) is 0 Å². The summed E-state index contributed by atoms with van der Waals surface area (Å²) in [6, 6.07) is 2.75. The summed E-state index contributed by atoms with van der Waals surface area (Å²) in [5.74, 6) is 0.154. The molecule has 1 atom stereocenters. The van der Waals surface area contributed by atoms with E-state index in [0.717, 1.165) is 17.7 Å². The van der Waals surface area contributed by atoms with Crippen molar-refractivity contribution in [3.63, 3.8) is 0 Å². The minimum absolute atomic E-state index is 0.0317. The SMILES string of the molecule is C[C@@H](Nc1nc(O)nc2cnc(C3=CCOCC3)cc12)c1cc([N+](=O)[O-])cc(C(F)(F)F)c1. The third kappa shape index (κ3) is 4.85. The van der Waals surface area contributed by atoms with E-state index in [0.29, 0.717) is 42.3 Å². The highest BCUT2D eigenvalue weighted by molar-refractivity contribution is 5.91. The number of hydrogen-bond acceptors (Lipinski definition) is 8. The van der Waals surface area contributed by atoms with Crippen LogP contribution in [0.3, 0.4) is 0 Å². The number of nitrogens with one attached hydrogen (secondary N) is 1. The Balaban J connectivity index is 1.74. The van der Waals surface area contributed by atoms with Gasteiger partial charge in [0, 0.05) is 17.5 Å². The zero-order valence-electron chi connectivity index (χ0n) is 17.3. The lowest BCUT2D eigenvalue weighted by molar-refractivity contribution is -0.385. The minimum Gasteiger partial charge on any atom is -0.479 e. The number of ether oxygens (including phenoxy) is 1. The third-order valence-corrected chi connectivity index (χ3v) is 5.19. The highest BCUT2D eigenvalue weighted by atomic mass is 19.4. The summed E-state index contributed by atoms with van der Waals surface area (Å²) in [6.45, 7) is 2.54. The Morgan fingerprint density at radius 3 is 2.70 bits per heavy atom. The molecule has 0 fully saturated rings. The van der Waals surface area contributed by atoms with Gasteiger partial charge >= 0.3 is 12.2 Å². The highest BCUT2D eigenvalue weighted by Gasteiger charge is 2.33. The Morgan fingerprint density at radius 2 is 2.03 bits per heavy atom. The van der Waals surface area contributed by atoms with Gasteiger partial charge in [0.05, 0.1) is 47.1 Å². The van der Waals surface area contributed by atoms with E-state index in [1.54, 1.807) is 6.07 Å². The van der Waals surface area contributed by atoms with Gasteiger partial charge in [0.25, 0.3) is 5.69 Å². The largest absolute Gasteiger partial charge is 0.479 e. The van der Waals surface area contributed by atoms with E-state index in [9.17, 15) is 28.4 Å². The number of benzene rings is 1. The molecule has 33 heavy (non-hydrogen) atoms. The molecule has 0 aliphatic carbocycles. The molecule has 0 unspecified atom stereocenters. The molecule has 1 aliphatic heterocycles. The summed E-state index contributed by atoms with van der Waals surface area (Å²) in [5.41, 5.74) is 0.164. The topological polar surface area (TPSA) is 123 Å². The van der Waals surface area contributed by atoms with Gasteiger partial charge in [-0.25, -0.2) is 0 Å². The average Bonchev–Trinajstić information content (AvgIpc) is 2.78. The highest BCUT2D eigenvalue weighted by Crippen LogP contribution is 2.35. The zero-order valence-corrected chi connectivity index (χ0v) is 17.3. The predicted octanol–water partition coefficient (Wildman–Crippen LogP) is 4.63. The second-order valence-electron chi connectivity index (χ2n) is 7.45. The second kappa shape index (κ2) is 8.62. The van der Waals surface area contributed by atoms with Crippen molar-refractivity contribution in [2.75, 3.05) is 18.5 Å². The van der Waals surface area contributed by atoms with Crippen LogP contribution in [0.15, 0.2) is 36.5 Å². The predicted molar refractivity (Wildman–Crippen MR) is 113 cm³/mol. The van der Waals surface area contributed by atoms with Gasteiger partial charge < -0.3 is 15.2 Å². The third-order valence-electron chi connectivity index (χ3n) is 5.19. The maximum atomic E-state index is 13.3. The number of nitro benzene ring substituents is 1. The van der Waals surface area contributed by atoms with Gasteiger partial charge in [0.15, 0.2) is 0 Å². The number of halogens is 3. The van der Waals surface area contributed by atoms with Crippen LogP contribution in [0.25, 0.3) is 16.5 Å². The Labute approximate surface area is 185 Å². The lowest BCUT2D eigenvalue weighted by atomic mass is 10.0. The number of nitrogens with zero attached hydrogens (tertiary/aromatic N) is 4. The number of alkyl halides is 3. The van der Waals surface area contributed by atoms with Crippen LogP contribution in [0.5, 0.6) is 6.01 Å². The van der Waals surface area contributed by atoms with E-state index in [-0.39, 0.29) is 11.4 Å². The summed E-state index contributed by atoms with van der Waals surface area (Å²) in [5, 5.41) is 24.5. The molecule has 0 radical (unpaired) electrons. The molecule has 172 valence electrons. The number of fused-ring (bicyclic) bond motifs is 1. The first-order valence-electron chi connectivity index (χ1n) is 9.89. The van der Waals surface area contributed by atoms with Crippen molar-refractivity contribution in [2.45, 2.75) is 25.6 Å². The zero-order chi connectivity index (χ0) is 23.8. The lowest BCUT2D eigenvalue weighted by Gasteiger charge is -2.18. The Bertz CT molecular complexity index is 1260. The molecular formula is C21H18F3N5O4. The molecule has 0 bridgehead atoms. The van der Waals surface area contributed by atoms with Crippen molar-refractivity contribution in [1.29, 1.82) is 0 Å². The van der Waals surface area contributed by atoms with Crippen LogP contribution in [-0.2, 0) is 10.9 Å². The quantitative estimate of drug-likeness (QED) is 0.416. The maximum absolute atomic E-state index is 13.3. The van der Waals surface area contributed by atoms with E-state index < -0.39 is 34.4 Å². The van der Waals surface area contributed by atoms with Gasteiger partial charge in [0.2, 0.25) is 0 Å². The molecule has 2 N–H and O–H groups in total. The van der Waals surface area contributed by atoms with Crippen LogP contribution < -0.4 is 5.32 Å². The maximum Gasteiger partial charge on any atom is 0.416 e. The van der Waals surface area contributed by atoms with E-state index in [2.05, 4.69) is 20.3 Å². The van der Waals surface area contributed by atoms with Crippen LogP contribution in [0.2, 0.25) is 0 Å². The molecule has 12 heteroatoms. The average molecular weight is 461 g/mol. The first-order chi connectivity index (χ1) is 15.6. The Kier molecular flexibility index (Phi) is 5.85. The van der Waals surface area contributed by atoms with Crippen molar-refractivity contribution in [1.82, 2.24) is 15.0 Å². The fourth-order valence-corrected chi connectivity index (χ4v) is 3.51. The summed E-state index contributed by atoms with van der Waals surface area (Å²) < 4.78 is 45.1. The molecular weight excluding hydrogens is 443 g/mol. The van der Waals surface area contributed by atoms with E-state index in [1.165, 1.54) is 13.1 Å². The summed E-state index contributed by atoms with van der Waals surface area (Å²) in [6.07, 6.45) is -0.730. The van der Waals surface area contributed by atoms with E-state index >= 15 is 0 Å². The fourth-order valence-electron chi connectivity index (χ4n) is 3.51. The smallest absolute Gasteiger partial charge is 0.416 e. The molecule has 0 saturated heterocycles. The Morgan fingerprint density at radius 1 is 1.24 bits per heavy atom. The fraction of sp³-hybridized carbons (Fsp3) is 0.286. The molecule has 0 amide bonds. The van der Waals surface area contributed by atoms with Crippen LogP contribution in [-0.4, -0.2) is 38.2 Å². The lowest BCUT2D eigenvalue weighted by Crippen LogP contribution is -2.12. The monoisotopic (exact) mass is 461 g/mol. The minimum atomic E-state index is -4.75. The van der Waals surface area contributed by atoms with Crippen LogP contribution >= 0.6 is 0 Å². The van der Waals surface area contributed by atoms with Gasteiger partial charge in [-0.3, -0.25) is 15.1 Å². The number of non-ortho nitro benzene ring substituents is 1. The number of aromatic hydroxyl groups is 1. The molecule has 0 saturated carbocycles. The number of hydrogen-bond donors (Lipinski definition) is 2. The van der Waals surface area contributed by atoms with Crippen molar-refractivity contribution in [3.05, 3.63) is 63.5 Å². The van der Waals surface area contributed by atoms with Gasteiger partial charge in [-0.2, -0.15) is 23.1 Å². The molecule has 2 aromatic heterocycles. The number of rotatable bonds is 5. The summed E-state index contributed by atoms with van der Waals surface area (Å²) in [4.78, 5) is 22.6. The number of aromatic nitrogens is 3. The molecule has 3 aromatic rings. The molecule has 3 heterocycles. The van der Waals surface area contributed by atoms with Crippen molar-refractivity contribution in [3.8, 4) is 6.01 Å². The molecule has 4 rings (SSSR count). The van der Waals surface area contributed by atoms with Crippen LogP contribution in [0.1, 0.15) is 36.2 Å². The first kappa shape index (κ1) is 22.4. The number of nitro groups is 1. The first-order valence-corrected chi connectivity index (χ1v) is 9.89. The standard InChI is InChI=1S/C21H18F3N5O4/c1-11(13-6-14(21(22,23)24)8-15(7-13)29(31)32)26-19-16-9-17(12-2-4-33-5-3-12)25-10-18(16)27-20(30)28-19/h2,6-11H,3-5H2,1H3,(H2,26,27,28,30)/t11-/m1/s1. The molecule has 1 aliphatic rings. The van der Waals surface area contributed by atoms with Crippen LogP contribution in [0, 0.1) is 10.1 Å². The number of pyridine rings is 1. The summed E-state index contributed by atoms with van der Waals surface area (Å²) >= 11 is 0. The van der Waals surface area contributed by atoms with Gasteiger partial charge in [0.1, 0.15) is 5.82 Å². The molecule has 1 aromatic carbocycles. The Hall–Kier alpha value is -3.80. The molecule has 0 spiro atoms. The normalized spacial score (nSPS) is 15.2.